The molecule has 0 saturated heterocycles. The molecule has 1 unspecified atom stereocenters. The average Bonchev–Trinajstić information content (AvgIpc) is 3.04. The molecule has 1 aromatic carbocycles. The number of benzene rings is 1. The smallest absolute Gasteiger partial charge is 0.291 e. The molecule has 1 N–H and O–H groups in total. The number of rotatable bonds is 3. The minimum Gasteiger partial charge on any atom is -0.332 e. The van der Waals surface area contributed by atoms with E-state index in [0.29, 0.717) is 28.5 Å². The van der Waals surface area contributed by atoms with Crippen LogP contribution in [-0.4, -0.2) is 42.6 Å². The number of hydrogen-bond acceptors (Lipinski definition) is 5. The van der Waals surface area contributed by atoms with Crippen molar-refractivity contribution in [2.45, 2.75) is 32.9 Å². The van der Waals surface area contributed by atoms with E-state index in [0.717, 1.165) is 25.2 Å². The van der Waals surface area contributed by atoms with Crippen molar-refractivity contribution in [3.8, 4) is 0 Å². The highest BCUT2D eigenvalue weighted by atomic mass is 16.2. The van der Waals surface area contributed by atoms with Crippen LogP contribution in [-0.2, 0) is 19.5 Å². The fourth-order valence-corrected chi connectivity index (χ4v) is 3.33. The number of carbonyl (C=O) groups is 1. The molecular weight excluding hydrogens is 332 g/mol. The largest absolute Gasteiger partial charge is 0.332 e. The Morgan fingerprint density at radius 1 is 1.35 bits per heavy atom. The number of aromatic amines is 1. The Balaban J connectivity index is 1.59. The molecule has 3 aromatic rings. The number of hydrogen-bond donors (Lipinski definition) is 1. The second-order valence-corrected chi connectivity index (χ2v) is 6.89. The van der Waals surface area contributed by atoms with E-state index >= 15 is 0 Å². The zero-order valence-corrected chi connectivity index (χ0v) is 14.8. The van der Waals surface area contributed by atoms with Gasteiger partial charge in [0.2, 0.25) is 5.82 Å². The Bertz CT molecular complexity index is 1040. The SMILES string of the molecule is CC1CCc2nnc(C(=O)N(C)Cc3nc4ccccc4c(=O)[nH]3)n2C1. The Morgan fingerprint density at radius 2 is 2.15 bits per heavy atom. The van der Waals surface area contributed by atoms with E-state index in [1.807, 2.05) is 10.6 Å². The fraction of sp³-hybridized carbons (Fsp3) is 0.389. The van der Waals surface area contributed by atoms with Crippen molar-refractivity contribution in [2.24, 2.45) is 5.92 Å². The van der Waals surface area contributed by atoms with Crippen LogP contribution in [0, 0.1) is 5.92 Å². The van der Waals surface area contributed by atoms with Gasteiger partial charge in [-0.25, -0.2) is 4.98 Å². The predicted octanol–water partition coefficient (Wildman–Crippen LogP) is 1.37. The number of aryl methyl sites for hydroxylation is 1. The molecule has 26 heavy (non-hydrogen) atoms. The number of amides is 1. The Labute approximate surface area is 149 Å². The van der Waals surface area contributed by atoms with Gasteiger partial charge in [0.15, 0.2) is 0 Å². The normalized spacial score (nSPS) is 16.5. The first kappa shape index (κ1) is 16.4. The van der Waals surface area contributed by atoms with Gasteiger partial charge in [0.1, 0.15) is 11.6 Å². The van der Waals surface area contributed by atoms with Crippen molar-refractivity contribution < 1.29 is 4.79 Å². The highest BCUT2D eigenvalue weighted by Crippen LogP contribution is 2.20. The van der Waals surface area contributed by atoms with Crippen LogP contribution in [0.3, 0.4) is 0 Å². The quantitative estimate of drug-likeness (QED) is 0.768. The van der Waals surface area contributed by atoms with Gasteiger partial charge in [-0.1, -0.05) is 19.1 Å². The van der Waals surface area contributed by atoms with Crippen LogP contribution in [0.4, 0.5) is 0 Å². The molecule has 1 aliphatic rings. The number of fused-ring (bicyclic) bond motifs is 2. The first-order valence-electron chi connectivity index (χ1n) is 8.68. The molecule has 4 rings (SSSR count). The summed E-state index contributed by atoms with van der Waals surface area (Å²) in [5.74, 6) is 1.91. The van der Waals surface area contributed by atoms with E-state index in [-0.39, 0.29) is 18.0 Å². The van der Waals surface area contributed by atoms with Gasteiger partial charge in [-0.15, -0.1) is 10.2 Å². The lowest BCUT2D eigenvalue weighted by Crippen LogP contribution is -2.32. The van der Waals surface area contributed by atoms with Crippen LogP contribution in [0.5, 0.6) is 0 Å². The van der Waals surface area contributed by atoms with Gasteiger partial charge in [0.25, 0.3) is 11.5 Å². The Hall–Kier alpha value is -3.03. The summed E-state index contributed by atoms with van der Waals surface area (Å²) >= 11 is 0. The standard InChI is InChI=1S/C18H20N6O2/c1-11-7-8-15-21-22-16(24(15)9-11)18(26)23(2)10-14-19-13-6-4-3-5-12(13)17(25)20-14/h3-6,11H,7-10H2,1-2H3,(H,19,20,25). The van der Waals surface area contributed by atoms with Gasteiger partial charge in [-0.05, 0) is 24.5 Å². The van der Waals surface area contributed by atoms with E-state index in [1.54, 1.807) is 25.2 Å². The minimum absolute atomic E-state index is 0.191. The lowest BCUT2D eigenvalue weighted by molar-refractivity contribution is 0.0761. The molecule has 0 radical (unpaired) electrons. The van der Waals surface area contributed by atoms with Crippen LogP contribution >= 0.6 is 0 Å². The molecule has 2 aromatic heterocycles. The number of nitrogens with zero attached hydrogens (tertiary/aromatic N) is 5. The molecule has 0 bridgehead atoms. The predicted molar refractivity (Wildman–Crippen MR) is 95.7 cm³/mol. The summed E-state index contributed by atoms with van der Waals surface area (Å²) in [6, 6.07) is 7.14. The summed E-state index contributed by atoms with van der Waals surface area (Å²) in [4.78, 5) is 33.7. The molecule has 134 valence electrons. The Morgan fingerprint density at radius 3 is 3.00 bits per heavy atom. The molecule has 1 atom stereocenters. The van der Waals surface area contributed by atoms with Crippen molar-refractivity contribution in [1.82, 2.24) is 29.6 Å². The molecule has 0 aliphatic carbocycles. The van der Waals surface area contributed by atoms with Crippen molar-refractivity contribution in [3.63, 3.8) is 0 Å². The molecule has 8 heteroatoms. The van der Waals surface area contributed by atoms with Crippen LogP contribution in [0.1, 0.15) is 35.6 Å². The zero-order valence-electron chi connectivity index (χ0n) is 14.8. The van der Waals surface area contributed by atoms with Crippen LogP contribution in [0.25, 0.3) is 10.9 Å². The summed E-state index contributed by atoms with van der Waals surface area (Å²) in [6.45, 7) is 3.10. The topological polar surface area (TPSA) is 96.8 Å². The van der Waals surface area contributed by atoms with Crippen molar-refractivity contribution in [3.05, 3.63) is 52.1 Å². The number of para-hydroxylation sites is 1. The summed E-state index contributed by atoms with van der Waals surface area (Å²) < 4.78 is 1.91. The van der Waals surface area contributed by atoms with Crippen LogP contribution in [0.15, 0.2) is 29.1 Å². The average molecular weight is 352 g/mol. The first-order valence-corrected chi connectivity index (χ1v) is 8.68. The van der Waals surface area contributed by atoms with Crippen LogP contribution in [0.2, 0.25) is 0 Å². The molecule has 0 saturated carbocycles. The monoisotopic (exact) mass is 352 g/mol. The third-order valence-corrected chi connectivity index (χ3v) is 4.77. The van der Waals surface area contributed by atoms with Gasteiger partial charge in [-0.2, -0.15) is 0 Å². The molecule has 1 aliphatic heterocycles. The molecule has 0 fully saturated rings. The highest BCUT2D eigenvalue weighted by Gasteiger charge is 2.26. The molecular formula is C18H20N6O2. The molecule has 1 amide bonds. The second-order valence-electron chi connectivity index (χ2n) is 6.89. The number of nitrogens with one attached hydrogen (secondary N) is 1. The van der Waals surface area contributed by atoms with Gasteiger partial charge >= 0.3 is 0 Å². The zero-order chi connectivity index (χ0) is 18.3. The minimum atomic E-state index is -0.228. The highest BCUT2D eigenvalue weighted by molar-refractivity contribution is 5.90. The summed E-state index contributed by atoms with van der Waals surface area (Å²) in [6.07, 6.45) is 1.90. The van der Waals surface area contributed by atoms with Crippen molar-refractivity contribution in [1.29, 1.82) is 0 Å². The first-order chi connectivity index (χ1) is 12.5. The molecule has 8 nitrogen and oxygen atoms in total. The van der Waals surface area contributed by atoms with Crippen LogP contribution < -0.4 is 5.56 Å². The number of aromatic nitrogens is 5. The third kappa shape index (κ3) is 2.87. The van der Waals surface area contributed by atoms with Gasteiger partial charge < -0.3 is 14.5 Å². The van der Waals surface area contributed by atoms with E-state index in [9.17, 15) is 9.59 Å². The summed E-state index contributed by atoms with van der Waals surface area (Å²) in [5.41, 5.74) is 0.404. The van der Waals surface area contributed by atoms with E-state index in [4.69, 9.17) is 0 Å². The van der Waals surface area contributed by atoms with E-state index in [1.165, 1.54) is 4.90 Å². The van der Waals surface area contributed by atoms with Gasteiger partial charge in [0, 0.05) is 20.0 Å². The van der Waals surface area contributed by atoms with E-state index < -0.39 is 0 Å². The summed E-state index contributed by atoms with van der Waals surface area (Å²) in [7, 11) is 1.67. The maximum absolute atomic E-state index is 12.8. The Kier molecular flexibility index (Phi) is 4.02. The van der Waals surface area contributed by atoms with E-state index in [2.05, 4.69) is 27.1 Å². The van der Waals surface area contributed by atoms with Gasteiger partial charge in [0.05, 0.1) is 17.4 Å². The van der Waals surface area contributed by atoms with Crippen molar-refractivity contribution >= 4 is 16.8 Å². The molecule has 0 spiro atoms. The van der Waals surface area contributed by atoms with Gasteiger partial charge in [-0.3, -0.25) is 9.59 Å². The summed E-state index contributed by atoms with van der Waals surface area (Å²) in [5, 5.41) is 8.77. The lowest BCUT2D eigenvalue weighted by atomic mass is 10.0. The lowest BCUT2D eigenvalue weighted by Gasteiger charge is -2.22. The number of carbonyl (C=O) groups excluding carboxylic acids is 1. The molecule has 3 heterocycles. The maximum atomic E-state index is 12.8. The second kappa shape index (κ2) is 6.36. The van der Waals surface area contributed by atoms with Crippen molar-refractivity contribution in [2.75, 3.05) is 7.05 Å². The maximum Gasteiger partial charge on any atom is 0.291 e. The number of H-pyrrole nitrogens is 1. The fourth-order valence-electron chi connectivity index (χ4n) is 3.33. The third-order valence-electron chi connectivity index (χ3n) is 4.77.